The first-order valence-electron chi connectivity index (χ1n) is 10.5. The van der Waals surface area contributed by atoms with E-state index in [0.717, 1.165) is 27.9 Å². The van der Waals surface area contributed by atoms with E-state index < -0.39 is 6.61 Å². The van der Waals surface area contributed by atoms with Crippen LogP contribution in [-0.4, -0.2) is 31.1 Å². The van der Waals surface area contributed by atoms with Gasteiger partial charge in [0.15, 0.2) is 0 Å². The van der Waals surface area contributed by atoms with Crippen molar-refractivity contribution < 1.29 is 13.5 Å². The highest BCUT2D eigenvalue weighted by molar-refractivity contribution is 5.82. The van der Waals surface area contributed by atoms with E-state index >= 15 is 0 Å². The molecule has 5 rings (SSSR count). The Kier molecular flexibility index (Phi) is 5.82. The first-order valence-corrected chi connectivity index (χ1v) is 10.5. The Morgan fingerprint density at radius 3 is 2.65 bits per heavy atom. The number of ether oxygens (including phenoxy) is 1. The van der Waals surface area contributed by atoms with E-state index in [1.54, 1.807) is 49.1 Å². The molecule has 0 fully saturated rings. The van der Waals surface area contributed by atoms with Gasteiger partial charge in [0.25, 0.3) is 0 Å². The molecule has 9 heteroatoms. The Morgan fingerprint density at radius 1 is 1.03 bits per heavy atom. The monoisotopic (exact) mass is 459 g/mol. The zero-order valence-corrected chi connectivity index (χ0v) is 17.9. The van der Waals surface area contributed by atoms with Crippen LogP contribution in [0.2, 0.25) is 0 Å². The molecule has 34 heavy (non-hydrogen) atoms. The summed E-state index contributed by atoms with van der Waals surface area (Å²) in [6.07, 6.45) is 6.94. The Balaban J connectivity index is 1.63. The van der Waals surface area contributed by atoms with Crippen LogP contribution in [0.15, 0.2) is 84.2 Å². The summed E-state index contributed by atoms with van der Waals surface area (Å²) in [6, 6.07) is 15.7. The van der Waals surface area contributed by atoms with E-state index in [1.165, 1.54) is 12.1 Å². The number of hydrogen-bond acceptors (Lipinski definition) is 5. The molecule has 5 aromatic rings. The van der Waals surface area contributed by atoms with E-state index in [-0.39, 0.29) is 17.9 Å². The van der Waals surface area contributed by atoms with E-state index in [9.17, 15) is 13.6 Å². The standard InChI is InChI=1S/C25H19F2N5O2/c26-25(27)34-22-4-2-1-3-18(22)15-32-21-11-16(17-6-8-24(33)30-13-17)5-7-20(21)31-23(32)12-19-14-28-9-10-29-19/h1-11,13-14,25H,12,15H2,(H,30,33). The first kappa shape index (κ1) is 21.4. The molecule has 0 amide bonds. The lowest BCUT2D eigenvalue weighted by molar-refractivity contribution is -0.0504. The smallest absolute Gasteiger partial charge is 0.387 e. The average Bonchev–Trinajstić information content (AvgIpc) is 3.17. The number of pyridine rings is 1. The number of fused-ring (bicyclic) bond motifs is 1. The third kappa shape index (κ3) is 4.54. The molecule has 0 bridgehead atoms. The second kappa shape index (κ2) is 9.22. The van der Waals surface area contributed by atoms with Crippen molar-refractivity contribution in [1.29, 1.82) is 0 Å². The van der Waals surface area contributed by atoms with Crippen molar-refractivity contribution in [3.05, 3.63) is 107 Å². The number of aromatic nitrogens is 5. The SMILES string of the molecule is O=c1ccc(-c2ccc3nc(Cc4cnccn4)n(Cc4ccccc4OC(F)F)c3c2)c[nH]1. The number of imidazole rings is 1. The van der Waals surface area contributed by atoms with Gasteiger partial charge in [-0.15, -0.1) is 0 Å². The minimum Gasteiger partial charge on any atom is -0.434 e. The zero-order chi connectivity index (χ0) is 23.5. The fraction of sp³-hybridized carbons (Fsp3) is 0.120. The van der Waals surface area contributed by atoms with Crippen molar-refractivity contribution in [2.75, 3.05) is 0 Å². The highest BCUT2D eigenvalue weighted by Gasteiger charge is 2.16. The largest absolute Gasteiger partial charge is 0.434 e. The van der Waals surface area contributed by atoms with Crippen molar-refractivity contribution in [2.24, 2.45) is 0 Å². The molecule has 0 radical (unpaired) electrons. The Labute approximate surface area is 192 Å². The van der Waals surface area contributed by atoms with E-state index in [0.29, 0.717) is 17.8 Å². The number of rotatable bonds is 7. The molecule has 7 nitrogen and oxygen atoms in total. The molecule has 0 aliphatic carbocycles. The third-order valence-corrected chi connectivity index (χ3v) is 5.42. The summed E-state index contributed by atoms with van der Waals surface area (Å²) in [5, 5.41) is 0. The lowest BCUT2D eigenvalue weighted by atomic mass is 10.1. The average molecular weight is 459 g/mol. The molecule has 0 unspecified atom stereocenters. The van der Waals surface area contributed by atoms with Crippen LogP contribution in [0, 0.1) is 0 Å². The number of nitrogens with one attached hydrogen (secondary N) is 1. The summed E-state index contributed by atoms with van der Waals surface area (Å²) in [6.45, 7) is -2.66. The number of nitrogens with zero attached hydrogens (tertiary/aromatic N) is 4. The molecule has 3 aromatic heterocycles. The van der Waals surface area contributed by atoms with Crippen LogP contribution in [0.5, 0.6) is 5.75 Å². The molecule has 0 saturated heterocycles. The normalized spacial score (nSPS) is 11.3. The van der Waals surface area contributed by atoms with Crippen molar-refractivity contribution in [2.45, 2.75) is 19.6 Å². The molecular weight excluding hydrogens is 440 g/mol. The van der Waals surface area contributed by atoms with Gasteiger partial charge in [-0.05, 0) is 35.4 Å². The van der Waals surface area contributed by atoms with Crippen molar-refractivity contribution >= 4 is 11.0 Å². The quantitative estimate of drug-likeness (QED) is 0.389. The second-order valence-corrected chi connectivity index (χ2v) is 7.62. The highest BCUT2D eigenvalue weighted by Crippen LogP contribution is 2.28. The van der Waals surface area contributed by atoms with Crippen LogP contribution in [0.25, 0.3) is 22.2 Å². The van der Waals surface area contributed by atoms with E-state index in [2.05, 4.69) is 15.0 Å². The molecule has 2 aromatic carbocycles. The number of halogens is 2. The molecule has 3 heterocycles. The van der Waals surface area contributed by atoms with Gasteiger partial charge in [0.2, 0.25) is 5.56 Å². The molecule has 1 N–H and O–H groups in total. The number of benzene rings is 2. The lowest BCUT2D eigenvalue weighted by Crippen LogP contribution is -2.10. The van der Waals surface area contributed by atoms with Gasteiger partial charge in [0.1, 0.15) is 11.6 Å². The van der Waals surface area contributed by atoms with E-state index in [4.69, 9.17) is 9.72 Å². The van der Waals surface area contributed by atoms with Gasteiger partial charge in [-0.25, -0.2) is 4.98 Å². The van der Waals surface area contributed by atoms with Gasteiger partial charge in [-0.3, -0.25) is 14.8 Å². The molecule has 0 aliphatic heterocycles. The predicted octanol–water partition coefficient (Wildman–Crippen LogP) is 4.42. The van der Waals surface area contributed by atoms with Crippen LogP contribution in [0.4, 0.5) is 8.78 Å². The molecule has 170 valence electrons. The molecule has 0 saturated carbocycles. The second-order valence-electron chi connectivity index (χ2n) is 7.62. The van der Waals surface area contributed by atoms with Crippen LogP contribution >= 0.6 is 0 Å². The summed E-state index contributed by atoms with van der Waals surface area (Å²) in [7, 11) is 0. The van der Waals surface area contributed by atoms with Crippen LogP contribution in [0.1, 0.15) is 17.1 Å². The van der Waals surface area contributed by atoms with Crippen molar-refractivity contribution in [3.63, 3.8) is 0 Å². The van der Waals surface area contributed by atoms with Crippen molar-refractivity contribution in [1.82, 2.24) is 24.5 Å². The maximum absolute atomic E-state index is 13.0. The van der Waals surface area contributed by atoms with Gasteiger partial charge in [0.05, 0.1) is 23.3 Å². The molecule has 0 spiro atoms. The summed E-state index contributed by atoms with van der Waals surface area (Å²) in [5.41, 5.74) is 4.43. The summed E-state index contributed by atoms with van der Waals surface area (Å²) < 4.78 is 32.7. The topological polar surface area (TPSA) is 85.7 Å². The lowest BCUT2D eigenvalue weighted by Gasteiger charge is -2.14. The summed E-state index contributed by atoms with van der Waals surface area (Å²) in [5.74, 6) is 0.822. The Hall–Kier alpha value is -4.40. The minimum atomic E-state index is -2.92. The number of aromatic amines is 1. The van der Waals surface area contributed by atoms with Crippen LogP contribution in [-0.2, 0) is 13.0 Å². The fourth-order valence-electron chi connectivity index (χ4n) is 3.85. The summed E-state index contributed by atoms with van der Waals surface area (Å²) >= 11 is 0. The maximum Gasteiger partial charge on any atom is 0.387 e. The number of H-pyrrole nitrogens is 1. The highest BCUT2D eigenvalue weighted by atomic mass is 19.3. The zero-order valence-electron chi connectivity index (χ0n) is 17.9. The Morgan fingerprint density at radius 2 is 1.88 bits per heavy atom. The van der Waals surface area contributed by atoms with Gasteiger partial charge >= 0.3 is 6.61 Å². The van der Waals surface area contributed by atoms with Gasteiger partial charge in [-0.2, -0.15) is 8.78 Å². The van der Waals surface area contributed by atoms with Gasteiger partial charge in [0, 0.05) is 42.8 Å². The van der Waals surface area contributed by atoms with Gasteiger partial charge in [-0.1, -0.05) is 24.3 Å². The molecule has 0 atom stereocenters. The van der Waals surface area contributed by atoms with E-state index in [1.807, 2.05) is 22.8 Å². The Bertz CT molecular complexity index is 1480. The summed E-state index contributed by atoms with van der Waals surface area (Å²) in [4.78, 5) is 27.4. The number of hydrogen-bond donors (Lipinski definition) is 1. The fourth-order valence-corrected chi connectivity index (χ4v) is 3.85. The first-order chi connectivity index (χ1) is 16.6. The minimum absolute atomic E-state index is 0.113. The molecular formula is C25H19F2N5O2. The van der Waals surface area contributed by atoms with Gasteiger partial charge < -0.3 is 14.3 Å². The molecule has 0 aliphatic rings. The number of alkyl halides is 2. The van der Waals surface area contributed by atoms with Crippen LogP contribution in [0.3, 0.4) is 0 Å². The predicted molar refractivity (Wildman–Crippen MR) is 123 cm³/mol. The third-order valence-electron chi connectivity index (χ3n) is 5.42. The van der Waals surface area contributed by atoms with Crippen molar-refractivity contribution in [3.8, 4) is 16.9 Å². The number of para-hydroxylation sites is 1. The van der Waals surface area contributed by atoms with Crippen LogP contribution < -0.4 is 10.3 Å². The maximum atomic E-state index is 13.0.